The monoisotopic (exact) mass is 387 g/mol. The molecule has 0 spiro atoms. The van der Waals surface area contributed by atoms with E-state index in [1.807, 2.05) is 17.8 Å². The first-order valence-corrected chi connectivity index (χ1v) is 9.01. The van der Waals surface area contributed by atoms with Crippen molar-refractivity contribution < 1.29 is 0 Å². The molecule has 2 saturated carbocycles. The van der Waals surface area contributed by atoms with Crippen molar-refractivity contribution in [2.24, 2.45) is 5.92 Å². The van der Waals surface area contributed by atoms with Crippen molar-refractivity contribution in [1.82, 2.24) is 19.7 Å². The van der Waals surface area contributed by atoms with E-state index in [4.69, 9.17) is 10.4 Å². The van der Waals surface area contributed by atoms with Crippen molar-refractivity contribution in [2.45, 2.75) is 38.1 Å². The van der Waals surface area contributed by atoms with E-state index >= 15 is 0 Å². The van der Waals surface area contributed by atoms with E-state index in [2.05, 4.69) is 42.6 Å². The Bertz CT molecular complexity index is 805. The zero-order chi connectivity index (χ0) is 16.7. The zero-order valence-electron chi connectivity index (χ0n) is 13.3. The molecular formula is C16H18BrN7. The van der Waals surface area contributed by atoms with E-state index in [1.54, 1.807) is 6.20 Å². The van der Waals surface area contributed by atoms with Gasteiger partial charge in [-0.2, -0.15) is 15.3 Å². The molecule has 2 unspecified atom stereocenters. The molecule has 2 heterocycles. The summed E-state index contributed by atoms with van der Waals surface area (Å²) in [6.07, 6.45) is 6.96. The summed E-state index contributed by atoms with van der Waals surface area (Å²) in [7, 11) is 0. The fraction of sp³-hybridized carbons (Fsp3) is 0.500. The minimum atomic E-state index is 0.0918. The van der Waals surface area contributed by atoms with Gasteiger partial charge < -0.3 is 10.6 Å². The molecule has 2 aromatic heterocycles. The molecule has 0 aromatic carbocycles. The quantitative estimate of drug-likeness (QED) is 0.786. The lowest BCUT2D eigenvalue weighted by molar-refractivity contribution is 0.611. The largest absolute Gasteiger partial charge is 0.369 e. The Kier molecular flexibility index (Phi) is 3.88. The number of nitriles is 1. The maximum Gasteiger partial charge on any atom is 0.229 e. The third-order valence-electron chi connectivity index (χ3n) is 4.32. The van der Waals surface area contributed by atoms with Crippen LogP contribution >= 0.6 is 15.9 Å². The summed E-state index contributed by atoms with van der Waals surface area (Å²) in [6.45, 7) is 2.82. The first-order valence-electron chi connectivity index (χ1n) is 8.21. The van der Waals surface area contributed by atoms with Gasteiger partial charge in [0, 0.05) is 24.9 Å². The molecule has 4 rings (SSSR count). The average Bonchev–Trinajstić information content (AvgIpc) is 3.49. The Morgan fingerprint density at radius 3 is 2.96 bits per heavy atom. The van der Waals surface area contributed by atoms with Gasteiger partial charge in [-0.25, -0.2) is 4.98 Å². The van der Waals surface area contributed by atoms with Crippen LogP contribution in [0.1, 0.15) is 43.8 Å². The van der Waals surface area contributed by atoms with Crippen LogP contribution in [0.25, 0.3) is 0 Å². The van der Waals surface area contributed by atoms with Gasteiger partial charge >= 0.3 is 0 Å². The molecule has 2 N–H and O–H groups in total. The third-order valence-corrected chi connectivity index (χ3v) is 4.90. The van der Waals surface area contributed by atoms with Crippen molar-refractivity contribution in [2.75, 3.05) is 17.2 Å². The highest BCUT2D eigenvalue weighted by molar-refractivity contribution is 9.10. The number of aromatic nitrogens is 4. The molecule has 24 heavy (non-hydrogen) atoms. The van der Waals surface area contributed by atoms with Gasteiger partial charge in [0.15, 0.2) is 0 Å². The maximum absolute atomic E-state index is 9.04. The zero-order valence-corrected chi connectivity index (χ0v) is 14.9. The van der Waals surface area contributed by atoms with E-state index in [0.717, 1.165) is 34.6 Å². The summed E-state index contributed by atoms with van der Waals surface area (Å²) >= 11 is 3.45. The van der Waals surface area contributed by atoms with E-state index in [9.17, 15) is 0 Å². The van der Waals surface area contributed by atoms with Crippen LogP contribution in [0, 0.1) is 17.2 Å². The molecule has 0 bridgehead atoms. The van der Waals surface area contributed by atoms with Gasteiger partial charge in [0.05, 0.1) is 33.9 Å². The molecule has 2 aliphatic carbocycles. The van der Waals surface area contributed by atoms with Gasteiger partial charge in [-0.1, -0.05) is 0 Å². The molecule has 0 radical (unpaired) electrons. The van der Waals surface area contributed by atoms with Crippen molar-refractivity contribution >= 4 is 33.4 Å². The van der Waals surface area contributed by atoms with Crippen LogP contribution < -0.4 is 10.6 Å². The van der Waals surface area contributed by atoms with Crippen LogP contribution in [0.4, 0.5) is 17.5 Å². The normalized spacial score (nSPS) is 22.0. The first-order chi connectivity index (χ1) is 11.7. The Hall–Kier alpha value is -2.14. The summed E-state index contributed by atoms with van der Waals surface area (Å²) in [4.78, 5) is 8.85. The summed E-state index contributed by atoms with van der Waals surface area (Å²) in [6, 6.07) is 2.53. The van der Waals surface area contributed by atoms with Crippen LogP contribution in [-0.4, -0.2) is 26.3 Å². The number of nitrogens with zero attached hydrogens (tertiary/aromatic N) is 5. The molecule has 2 fully saturated rings. The van der Waals surface area contributed by atoms with E-state index in [0.29, 0.717) is 11.9 Å². The SMILES string of the molecule is CCNc1nc(Nc2cn(C3CC3C#N)nc2C2CC2)ncc1Br. The second-order valence-corrected chi connectivity index (χ2v) is 7.12. The highest BCUT2D eigenvalue weighted by Gasteiger charge is 2.41. The van der Waals surface area contributed by atoms with Crippen molar-refractivity contribution in [3.05, 3.63) is 22.6 Å². The van der Waals surface area contributed by atoms with E-state index in [-0.39, 0.29) is 12.0 Å². The van der Waals surface area contributed by atoms with Crippen LogP contribution in [0.2, 0.25) is 0 Å². The summed E-state index contributed by atoms with van der Waals surface area (Å²) in [5.41, 5.74) is 2.01. The molecule has 124 valence electrons. The maximum atomic E-state index is 9.04. The lowest BCUT2D eigenvalue weighted by atomic mass is 10.2. The first kappa shape index (κ1) is 15.4. The Morgan fingerprint density at radius 2 is 2.29 bits per heavy atom. The molecule has 0 amide bonds. The summed E-state index contributed by atoms with van der Waals surface area (Å²) < 4.78 is 2.77. The molecule has 2 aromatic rings. The number of anilines is 3. The topological polar surface area (TPSA) is 91.5 Å². The second kappa shape index (κ2) is 6.06. The van der Waals surface area contributed by atoms with Crippen LogP contribution in [-0.2, 0) is 0 Å². The number of hydrogen-bond donors (Lipinski definition) is 2. The van der Waals surface area contributed by atoms with Crippen molar-refractivity contribution in [3.63, 3.8) is 0 Å². The second-order valence-electron chi connectivity index (χ2n) is 6.27. The number of rotatable bonds is 6. The third kappa shape index (κ3) is 2.96. The molecule has 7 nitrogen and oxygen atoms in total. The highest BCUT2D eigenvalue weighted by atomic mass is 79.9. The molecular weight excluding hydrogens is 370 g/mol. The fourth-order valence-electron chi connectivity index (χ4n) is 2.78. The lowest BCUT2D eigenvalue weighted by Crippen LogP contribution is -2.04. The molecule has 0 saturated heterocycles. The van der Waals surface area contributed by atoms with Crippen LogP contribution in [0.5, 0.6) is 0 Å². The average molecular weight is 388 g/mol. The molecule has 8 heteroatoms. The van der Waals surface area contributed by atoms with Crippen molar-refractivity contribution in [1.29, 1.82) is 5.26 Å². The molecule has 0 aliphatic heterocycles. The van der Waals surface area contributed by atoms with E-state index < -0.39 is 0 Å². The van der Waals surface area contributed by atoms with Gasteiger partial charge in [0.25, 0.3) is 0 Å². The Balaban J connectivity index is 1.60. The molecule has 2 aliphatic rings. The predicted octanol–water partition coefficient (Wildman–Crippen LogP) is 3.57. The lowest BCUT2D eigenvalue weighted by Gasteiger charge is -2.08. The smallest absolute Gasteiger partial charge is 0.229 e. The van der Waals surface area contributed by atoms with Gasteiger partial charge in [-0.15, -0.1) is 0 Å². The van der Waals surface area contributed by atoms with Crippen LogP contribution in [0.3, 0.4) is 0 Å². The Morgan fingerprint density at radius 1 is 1.46 bits per heavy atom. The Labute approximate surface area is 148 Å². The van der Waals surface area contributed by atoms with Gasteiger partial charge in [0.1, 0.15) is 5.82 Å². The summed E-state index contributed by atoms with van der Waals surface area (Å²) in [5, 5.41) is 20.3. The van der Waals surface area contributed by atoms with E-state index in [1.165, 1.54) is 12.8 Å². The molecule has 2 atom stereocenters. The van der Waals surface area contributed by atoms with Crippen molar-refractivity contribution in [3.8, 4) is 6.07 Å². The standard InChI is InChI=1S/C16H18BrN7/c1-2-19-15-11(17)7-20-16(22-15)21-12-8-24(13-5-10(13)6-18)23-14(12)9-3-4-9/h7-10,13H,2-5H2,1H3,(H2,19,20,21,22). The van der Waals surface area contributed by atoms with Crippen LogP contribution in [0.15, 0.2) is 16.9 Å². The highest BCUT2D eigenvalue weighted by Crippen LogP contribution is 2.47. The van der Waals surface area contributed by atoms with Gasteiger partial charge in [-0.05, 0) is 42.1 Å². The number of nitrogens with one attached hydrogen (secondary N) is 2. The minimum absolute atomic E-state index is 0.0918. The minimum Gasteiger partial charge on any atom is -0.369 e. The predicted molar refractivity (Wildman–Crippen MR) is 94.1 cm³/mol. The number of hydrogen-bond acceptors (Lipinski definition) is 6. The number of halogens is 1. The fourth-order valence-corrected chi connectivity index (χ4v) is 3.11. The van der Waals surface area contributed by atoms with Gasteiger partial charge in [0.2, 0.25) is 5.95 Å². The summed E-state index contributed by atoms with van der Waals surface area (Å²) in [5.74, 6) is 1.91. The van der Waals surface area contributed by atoms with Gasteiger partial charge in [-0.3, -0.25) is 4.68 Å².